The topological polar surface area (TPSA) is 26.0 Å². The summed E-state index contributed by atoms with van der Waals surface area (Å²) < 4.78 is 0. The van der Waals surface area contributed by atoms with E-state index in [4.69, 9.17) is 5.73 Å². The molecule has 0 heterocycles. The fourth-order valence-electron chi connectivity index (χ4n) is 3.24. The van der Waals surface area contributed by atoms with E-state index in [1.54, 1.807) is 0 Å². The number of fused-ring (bicyclic) bond motifs is 1. The molecule has 0 bridgehead atoms. The normalized spacial score (nSPS) is 20.4. The smallest absolute Gasteiger partial charge is 0.0108 e. The van der Waals surface area contributed by atoms with Gasteiger partial charge in [0, 0.05) is 6.04 Å². The van der Waals surface area contributed by atoms with Crippen LogP contribution in [-0.2, 0) is 6.42 Å². The van der Waals surface area contributed by atoms with E-state index >= 15 is 0 Å². The quantitative estimate of drug-likeness (QED) is 0.738. The average molecular weight is 245 g/mol. The van der Waals surface area contributed by atoms with Gasteiger partial charge in [0.25, 0.3) is 0 Å². The number of rotatable bonds is 6. The number of unbranched alkanes of at least 4 members (excludes halogenated alkanes) is 3. The molecule has 0 aliphatic heterocycles. The number of nitrogens with two attached hydrogens (primary N) is 1. The van der Waals surface area contributed by atoms with Crippen molar-refractivity contribution in [1.82, 2.24) is 0 Å². The van der Waals surface area contributed by atoms with Crippen molar-refractivity contribution < 1.29 is 0 Å². The third kappa shape index (κ3) is 3.35. The molecule has 2 unspecified atom stereocenters. The fourth-order valence-corrected chi connectivity index (χ4v) is 3.24. The second kappa shape index (κ2) is 6.94. The Balaban J connectivity index is 1.93. The Kier molecular flexibility index (Phi) is 5.25. The van der Waals surface area contributed by atoms with Gasteiger partial charge in [-0.3, -0.25) is 0 Å². The van der Waals surface area contributed by atoms with Gasteiger partial charge < -0.3 is 5.73 Å². The van der Waals surface area contributed by atoms with Gasteiger partial charge in [0.1, 0.15) is 0 Å². The second-order valence-corrected chi connectivity index (χ2v) is 5.71. The number of hydrogen-bond donors (Lipinski definition) is 1. The van der Waals surface area contributed by atoms with Crippen LogP contribution in [0.5, 0.6) is 0 Å². The molecule has 1 heteroatoms. The lowest BCUT2D eigenvalue weighted by atomic mass is 9.78. The van der Waals surface area contributed by atoms with E-state index < -0.39 is 0 Å². The van der Waals surface area contributed by atoms with Gasteiger partial charge in [-0.15, -0.1) is 0 Å². The summed E-state index contributed by atoms with van der Waals surface area (Å²) in [5.74, 6) is 0.608. The lowest BCUT2D eigenvalue weighted by Gasteiger charge is -2.30. The zero-order valence-corrected chi connectivity index (χ0v) is 11.7. The van der Waals surface area contributed by atoms with Crippen LogP contribution in [0.15, 0.2) is 24.3 Å². The van der Waals surface area contributed by atoms with E-state index in [0.717, 1.165) is 0 Å². The molecule has 0 saturated heterocycles. The summed E-state index contributed by atoms with van der Waals surface area (Å²) in [6, 6.07) is 9.27. The maximum Gasteiger partial charge on any atom is 0.0108 e. The molecule has 0 spiro atoms. The maximum atomic E-state index is 6.45. The molecule has 0 saturated carbocycles. The first-order chi connectivity index (χ1) is 8.83. The van der Waals surface area contributed by atoms with Crippen molar-refractivity contribution in [2.24, 2.45) is 5.73 Å². The van der Waals surface area contributed by atoms with Gasteiger partial charge in [-0.1, -0.05) is 56.9 Å². The molecule has 18 heavy (non-hydrogen) atoms. The monoisotopic (exact) mass is 245 g/mol. The van der Waals surface area contributed by atoms with Gasteiger partial charge in [0.15, 0.2) is 0 Å². The first kappa shape index (κ1) is 13.6. The SMILES string of the molecule is CCCCCCC(N)C1CCCc2ccccc21. The summed E-state index contributed by atoms with van der Waals surface area (Å²) in [5.41, 5.74) is 9.52. The minimum atomic E-state index is 0.364. The maximum absolute atomic E-state index is 6.45. The Hall–Kier alpha value is -0.820. The molecule has 1 aromatic rings. The number of benzene rings is 1. The van der Waals surface area contributed by atoms with Crippen LogP contribution in [0.1, 0.15) is 68.9 Å². The van der Waals surface area contributed by atoms with Crippen molar-refractivity contribution in [2.75, 3.05) is 0 Å². The molecule has 2 rings (SSSR count). The summed E-state index contributed by atoms with van der Waals surface area (Å²) in [7, 11) is 0. The highest BCUT2D eigenvalue weighted by Crippen LogP contribution is 2.34. The Bertz CT molecular complexity index is 358. The van der Waals surface area contributed by atoms with Gasteiger partial charge in [0.2, 0.25) is 0 Å². The van der Waals surface area contributed by atoms with E-state index in [1.807, 2.05) is 0 Å². The highest BCUT2D eigenvalue weighted by molar-refractivity contribution is 5.33. The minimum Gasteiger partial charge on any atom is -0.327 e. The van der Waals surface area contributed by atoms with Gasteiger partial charge >= 0.3 is 0 Å². The van der Waals surface area contributed by atoms with E-state index in [-0.39, 0.29) is 0 Å². The number of hydrogen-bond acceptors (Lipinski definition) is 1. The molecule has 1 nitrogen and oxygen atoms in total. The van der Waals surface area contributed by atoms with Crippen molar-refractivity contribution in [3.8, 4) is 0 Å². The lowest BCUT2D eigenvalue weighted by molar-refractivity contribution is 0.426. The van der Waals surface area contributed by atoms with Crippen LogP contribution in [0.4, 0.5) is 0 Å². The zero-order chi connectivity index (χ0) is 12.8. The molecule has 0 aromatic heterocycles. The predicted molar refractivity (Wildman–Crippen MR) is 78.9 cm³/mol. The third-order valence-electron chi connectivity index (χ3n) is 4.32. The van der Waals surface area contributed by atoms with Gasteiger partial charge in [-0.2, -0.15) is 0 Å². The molecular weight excluding hydrogens is 218 g/mol. The van der Waals surface area contributed by atoms with Crippen LogP contribution < -0.4 is 5.73 Å². The van der Waals surface area contributed by atoms with Crippen LogP contribution in [0, 0.1) is 0 Å². The standard InChI is InChI=1S/C17H27N/c1-2-3-4-5-13-17(18)16-12-8-10-14-9-6-7-11-15(14)16/h6-7,9,11,16-17H,2-5,8,10,12-13,18H2,1H3. The molecule has 1 aliphatic rings. The minimum absolute atomic E-state index is 0.364. The van der Waals surface area contributed by atoms with Crippen LogP contribution in [0.25, 0.3) is 0 Å². The van der Waals surface area contributed by atoms with Crippen molar-refractivity contribution in [3.05, 3.63) is 35.4 Å². The third-order valence-corrected chi connectivity index (χ3v) is 4.32. The second-order valence-electron chi connectivity index (χ2n) is 5.71. The fraction of sp³-hybridized carbons (Fsp3) is 0.647. The molecule has 0 radical (unpaired) electrons. The van der Waals surface area contributed by atoms with E-state index in [1.165, 1.54) is 62.5 Å². The Morgan fingerprint density at radius 1 is 1.22 bits per heavy atom. The largest absolute Gasteiger partial charge is 0.327 e. The van der Waals surface area contributed by atoms with E-state index in [2.05, 4.69) is 31.2 Å². The van der Waals surface area contributed by atoms with E-state index in [0.29, 0.717) is 12.0 Å². The van der Waals surface area contributed by atoms with Crippen LogP contribution >= 0.6 is 0 Å². The van der Waals surface area contributed by atoms with Crippen LogP contribution in [0.3, 0.4) is 0 Å². The Morgan fingerprint density at radius 3 is 2.89 bits per heavy atom. The predicted octanol–water partition coefficient (Wildman–Crippen LogP) is 4.40. The molecule has 0 fully saturated rings. The Morgan fingerprint density at radius 2 is 2.06 bits per heavy atom. The van der Waals surface area contributed by atoms with Crippen molar-refractivity contribution in [1.29, 1.82) is 0 Å². The molecule has 1 aliphatic carbocycles. The number of aryl methyl sites for hydroxylation is 1. The molecule has 2 N–H and O–H groups in total. The summed E-state index contributed by atoms with van der Waals surface area (Å²) in [6.45, 7) is 2.26. The molecule has 1 aromatic carbocycles. The first-order valence-corrected chi connectivity index (χ1v) is 7.66. The van der Waals surface area contributed by atoms with Crippen molar-refractivity contribution >= 4 is 0 Å². The Labute approximate surface area is 112 Å². The van der Waals surface area contributed by atoms with Crippen molar-refractivity contribution in [3.63, 3.8) is 0 Å². The highest BCUT2D eigenvalue weighted by Gasteiger charge is 2.24. The lowest BCUT2D eigenvalue weighted by Crippen LogP contribution is -2.30. The summed E-state index contributed by atoms with van der Waals surface area (Å²) in [4.78, 5) is 0. The van der Waals surface area contributed by atoms with Crippen molar-refractivity contribution in [2.45, 2.75) is 70.3 Å². The first-order valence-electron chi connectivity index (χ1n) is 7.66. The zero-order valence-electron chi connectivity index (χ0n) is 11.7. The summed E-state index contributed by atoms with van der Waals surface area (Å²) in [5, 5.41) is 0. The average Bonchev–Trinajstić information content (AvgIpc) is 2.43. The summed E-state index contributed by atoms with van der Waals surface area (Å²) in [6.07, 6.45) is 10.3. The highest BCUT2D eigenvalue weighted by atomic mass is 14.6. The molecular formula is C17H27N. The van der Waals surface area contributed by atoms with Crippen LogP contribution in [-0.4, -0.2) is 6.04 Å². The van der Waals surface area contributed by atoms with Gasteiger partial charge in [0.05, 0.1) is 0 Å². The van der Waals surface area contributed by atoms with Crippen LogP contribution in [0.2, 0.25) is 0 Å². The van der Waals surface area contributed by atoms with Gasteiger partial charge in [-0.25, -0.2) is 0 Å². The molecule has 0 amide bonds. The molecule has 2 atom stereocenters. The molecule has 100 valence electrons. The van der Waals surface area contributed by atoms with Gasteiger partial charge in [-0.05, 0) is 42.7 Å². The van der Waals surface area contributed by atoms with E-state index in [9.17, 15) is 0 Å². The summed E-state index contributed by atoms with van der Waals surface area (Å²) >= 11 is 0.